The van der Waals surface area contributed by atoms with Crippen LogP contribution in [0.3, 0.4) is 0 Å². The third kappa shape index (κ3) is 4.85. The number of rotatable bonds is 6. The number of hydrogen-bond acceptors (Lipinski definition) is 4. The molecule has 0 atom stereocenters. The number of nitrogens with zero attached hydrogens (tertiary/aromatic N) is 1. The van der Waals surface area contributed by atoms with E-state index in [0.29, 0.717) is 34.8 Å². The molecule has 2 rings (SSSR count). The summed E-state index contributed by atoms with van der Waals surface area (Å²) in [5.74, 6) is 1.27. The molecule has 0 bridgehead atoms. The molecule has 6 heteroatoms. The maximum Gasteiger partial charge on any atom is 0.138 e. The topological polar surface area (TPSA) is 51.1 Å². The average molecular weight is 326 g/mol. The lowest BCUT2D eigenvalue weighted by molar-refractivity contribution is 0.217. The largest absolute Gasteiger partial charge is 0.490 e. The van der Waals surface area contributed by atoms with Crippen molar-refractivity contribution in [3.8, 4) is 11.5 Å². The van der Waals surface area contributed by atoms with Gasteiger partial charge in [-0.05, 0) is 48.0 Å². The van der Waals surface area contributed by atoms with Crippen LogP contribution < -0.4 is 9.47 Å². The van der Waals surface area contributed by atoms with E-state index >= 15 is 0 Å². The second-order valence-electron chi connectivity index (χ2n) is 4.09. The van der Waals surface area contributed by atoms with Gasteiger partial charge in [0.1, 0.15) is 24.7 Å². The first-order valence-electron chi connectivity index (χ1n) is 6.17. The Bertz CT molecular complexity index is 615. The van der Waals surface area contributed by atoms with E-state index in [1.807, 2.05) is 0 Å². The van der Waals surface area contributed by atoms with Gasteiger partial charge in [0.15, 0.2) is 0 Å². The molecule has 0 heterocycles. The van der Waals surface area contributed by atoms with E-state index in [9.17, 15) is 0 Å². The third-order valence-electron chi connectivity index (χ3n) is 2.59. The zero-order chi connectivity index (χ0) is 15.1. The summed E-state index contributed by atoms with van der Waals surface area (Å²) in [5.41, 5.74) is 0.786. The number of benzene rings is 2. The van der Waals surface area contributed by atoms with Crippen LogP contribution in [0.25, 0.3) is 0 Å². The van der Waals surface area contributed by atoms with Crippen LogP contribution in [0.15, 0.2) is 47.6 Å². The molecule has 0 aliphatic heterocycles. The Labute approximate surface area is 132 Å². The molecule has 0 saturated heterocycles. The van der Waals surface area contributed by atoms with Gasteiger partial charge < -0.3 is 14.7 Å². The molecule has 0 amide bonds. The monoisotopic (exact) mass is 325 g/mol. The van der Waals surface area contributed by atoms with Gasteiger partial charge in [0.2, 0.25) is 0 Å². The molecule has 0 unspecified atom stereocenters. The Morgan fingerprint density at radius 1 is 1.00 bits per heavy atom. The fourth-order valence-electron chi connectivity index (χ4n) is 1.62. The predicted octanol–water partition coefficient (Wildman–Crippen LogP) is 4.26. The summed E-state index contributed by atoms with van der Waals surface area (Å²) in [7, 11) is 0. The maximum atomic E-state index is 8.41. The first kappa shape index (κ1) is 15.5. The standard InChI is InChI=1S/C15H13Cl2NO3/c16-12-3-6-15(14(17)9-12)21-8-7-20-13-4-1-11(2-5-13)10-18-19/h1-6,9-10,19H,7-8H2. The summed E-state index contributed by atoms with van der Waals surface area (Å²) in [5, 5.41) is 12.4. The van der Waals surface area contributed by atoms with Crippen molar-refractivity contribution < 1.29 is 14.7 Å². The van der Waals surface area contributed by atoms with Gasteiger partial charge in [0, 0.05) is 5.02 Å². The minimum atomic E-state index is 0.362. The van der Waals surface area contributed by atoms with Crippen LogP contribution in [0.5, 0.6) is 11.5 Å². The maximum absolute atomic E-state index is 8.41. The van der Waals surface area contributed by atoms with Crippen molar-refractivity contribution in [2.45, 2.75) is 0 Å². The molecular formula is C15H13Cl2NO3. The van der Waals surface area contributed by atoms with Gasteiger partial charge in [-0.1, -0.05) is 28.4 Å². The van der Waals surface area contributed by atoms with Crippen LogP contribution in [-0.2, 0) is 0 Å². The lowest BCUT2D eigenvalue weighted by Crippen LogP contribution is -2.09. The zero-order valence-electron chi connectivity index (χ0n) is 11.0. The highest BCUT2D eigenvalue weighted by atomic mass is 35.5. The second kappa shape index (κ2) is 7.76. The second-order valence-corrected chi connectivity index (χ2v) is 4.93. The van der Waals surface area contributed by atoms with Gasteiger partial charge in [-0.25, -0.2) is 0 Å². The van der Waals surface area contributed by atoms with Crippen LogP contribution >= 0.6 is 23.2 Å². The first-order chi connectivity index (χ1) is 10.2. The minimum absolute atomic E-state index is 0.362. The first-order valence-corrected chi connectivity index (χ1v) is 6.93. The number of halogens is 2. The van der Waals surface area contributed by atoms with E-state index < -0.39 is 0 Å². The Balaban J connectivity index is 1.79. The molecule has 0 aliphatic carbocycles. The summed E-state index contributed by atoms with van der Waals surface area (Å²) in [6.45, 7) is 0.744. The SMILES string of the molecule is ON=Cc1ccc(OCCOc2ccc(Cl)cc2Cl)cc1. The quantitative estimate of drug-likeness (QED) is 0.373. The average Bonchev–Trinajstić information content (AvgIpc) is 2.47. The van der Waals surface area contributed by atoms with Crippen LogP contribution in [0.4, 0.5) is 0 Å². The van der Waals surface area contributed by atoms with Gasteiger partial charge in [0.25, 0.3) is 0 Å². The van der Waals surface area contributed by atoms with Crippen LogP contribution in [0.2, 0.25) is 10.0 Å². The fourth-order valence-corrected chi connectivity index (χ4v) is 2.08. The Kier molecular flexibility index (Phi) is 5.72. The van der Waals surface area contributed by atoms with E-state index in [-0.39, 0.29) is 0 Å². The van der Waals surface area contributed by atoms with Crippen molar-refractivity contribution in [2.24, 2.45) is 5.16 Å². The molecule has 21 heavy (non-hydrogen) atoms. The Morgan fingerprint density at radius 3 is 2.38 bits per heavy atom. The van der Waals surface area contributed by atoms with Crippen molar-refractivity contribution in [3.63, 3.8) is 0 Å². The lowest BCUT2D eigenvalue weighted by Gasteiger charge is -2.09. The summed E-state index contributed by atoms with van der Waals surface area (Å²) >= 11 is 11.8. The van der Waals surface area contributed by atoms with E-state index in [4.69, 9.17) is 37.9 Å². The molecule has 110 valence electrons. The predicted molar refractivity (Wildman–Crippen MR) is 83.3 cm³/mol. The van der Waals surface area contributed by atoms with E-state index in [1.165, 1.54) is 6.21 Å². The smallest absolute Gasteiger partial charge is 0.138 e. The van der Waals surface area contributed by atoms with Crippen molar-refractivity contribution in [3.05, 3.63) is 58.1 Å². The molecule has 2 aromatic rings. The molecule has 1 N–H and O–H groups in total. The zero-order valence-corrected chi connectivity index (χ0v) is 12.5. The fraction of sp³-hybridized carbons (Fsp3) is 0.133. The molecule has 2 aromatic carbocycles. The Morgan fingerprint density at radius 2 is 1.71 bits per heavy atom. The molecule has 0 saturated carbocycles. The van der Waals surface area contributed by atoms with E-state index in [2.05, 4.69) is 5.16 Å². The highest BCUT2D eigenvalue weighted by Gasteiger charge is 2.02. The van der Waals surface area contributed by atoms with E-state index in [1.54, 1.807) is 42.5 Å². The van der Waals surface area contributed by atoms with Crippen LogP contribution in [0, 0.1) is 0 Å². The van der Waals surface area contributed by atoms with Crippen molar-refractivity contribution >= 4 is 29.4 Å². The van der Waals surface area contributed by atoms with Gasteiger partial charge in [-0.3, -0.25) is 0 Å². The van der Waals surface area contributed by atoms with Gasteiger partial charge >= 0.3 is 0 Å². The number of ether oxygens (including phenoxy) is 2. The van der Waals surface area contributed by atoms with Crippen molar-refractivity contribution in [1.29, 1.82) is 0 Å². The summed E-state index contributed by atoms with van der Waals surface area (Å²) in [6, 6.07) is 12.2. The summed E-state index contributed by atoms with van der Waals surface area (Å²) in [4.78, 5) is 0. The number of hydrogen-bond donors (Lipinski definition) is 1. The minimum Gasteiger partial charge on any atom is -0.490 e. The van der Waals surface area contributed by atoms with E-state index in [0.717, 1.165) is 5.56 Å². The molecule has 0 aromatic heterocycles. The molecule has 0 aliphatic rings. The normalized spacial score (nSPS) is 10.8. The lowest BCUT2D eigenvalue weighted by atomic mass is 10.2. The molecule has 0 fully saturated rings. The van der Waals surface area contributed by atoms with Gasteiger partial charge in [-0.15, -0.1) is 0 Å². The molecule has 0 radical (unpaired) electrons. The summed E-state index contributed by atoms with van der Waals surface area (Å²) in [6.07, 6.45) is 1.34. The highest BCUT2D eigenvalue weighted by molar-refractivity contribution is 6.35. The summed E-state index contributed by atoms with van der Waals surface area (Å²) < 4.78 is 11.0. The highest BCUT2D eigenvalue weighted by Crippen LogP contribution is 2.27. The van der Waals surface area contributed by atoms with Crippen molar-refractivity contribution in [2.75, 3.05) is 13.2 Å². The Hall–Kier alpha value is -1.91. The van der Waals surface area contributed by atoms with Crippen molar-refractivity contribution in [1.82, 2.24) is 0 Å². The van der Waals surface area contributed by atoms with Gasteiger partial charge in [-0.2, -0.15) is 0 Å². The molecule has 0 spiro atoms. The van der Waals surface area contributed by atoms with Crippen LogP contribution in [-0.4, -0.2) is 24.6 Å². The van der Waals surface area contributed by atoms with Gasteiger partial charge in [0.05, 0.1) is 11.2 Å². The number of oxime groups is 1. The molecule has 4 nitrogen and oxygen atoms in total. The van der Waals surface area contributed by atoms with Crippen LogP contribution in [0.1, 0.15) is 5.56 Å². The molecular weight excluding hydrogens is 313 g/mol. The third-order valence-corrected chi connectivity index (χ3v) is 3.12.